The Morgan fingerprint density at radius 3 is 1.20 bits per heavy atom. The number of rotatable bonds is 61. The molecule has 478 valence electrons. The van der Waals surface area contributed by atoms with Gasteiger partial charge in [0.05, 0.1) is 25.4 Å². The van der Waals surface area contributed by atoms with Crippen molar-refractivity contribution in [3.05, 3.63) is 24.3 Å². The van der Waals surface area contributed by atoms with Gasteiger partial charge in [0.25, 0.3) is 0 Å². The summed E-state index contributed by atoms with van der Waals surface area (Å²) in [5.41, 5.74) is 0. The van der Waals surface area contributed by atoms with Crippen molar-refractivity contribution in [2.45, 2.75) is 397 Å². The molecular weight excluding hydrogens is 1010 g/mol. The average Bonchev–Trinajstić information content (AvgIpc) is 3.50. The highest BCUT2D eigenvalue weighted by molar-refractivity contribution is 5.80. The summed E-state index contributed by atoms with van der Waals surface area (Å²) in [4.78, 5) is 26.6. The van der Waals surface area contributed by atoms with E-state index in [0.29, 0.717) is 19.3 Å². The van der Waals surface area contributed by atoms with Crippen molar-refractivity contribution < 1.29 is 49.3 Å². The van der Waals surface area contributed by atoms with E-state index in [1.54, 1.807) is 6.08 Å². The van der Waals surface area contributed by atoms with Gasteiger partial charge in [0.15, 0.2) is 12.4 Å². The normalized spacial score (nSPS) is 18.7. The van der Waals surface area contributed by atoms with Gasteiger partial charge in [-0.05, 0) is 51.4 Å². The molecule has 1 fully saturated rings. The predicted octanol–water partition coefficient (Wildman–Crippen LogP) is 17.6. The SMILES string of the molecule is CCCCCCCC/C=C/CCCCCCCCCCCCCCCC(=O)OC1C(OCC(NC(=O)C(O)CCCCCCCCCCCCCCCCCCCC)C(O)/C=C/CCCCCCCCCCC)OC(CO)C(O)C1O. The number of hydrogen-bond donors (Lipinski definition) is 6. The molecule has 11 nitrogen and oxygen atoms in total. The molecule has 0 aromatic carbocycles. The van der Waals surface area contributed by atoms with Crippen molar-refractivity contribution in [3.8, 4) is 0 Å². The molecule has 0 spiro atoms. The highest BCUT2D eigenvalue weighted by Gasteiger charge is 2.47. The molecule has 0 radical (unpaired) electrons. The van der Waals surface area contributed by atoms with Gasteiger partial charge >= 0.3 is 5.97 Å². The third-order valence-corrected chi connectivity index (χ3v) is 16.9. The molecule has 81 heavy (non-hydrogen) atoms. The third-order valence-electron chi connectivity index (χ3n) is 16.9. The zero-order valence-electron chi connectivity index (χ0n) is 53.2. The summed E-state index contributed by atoms with van der Waals surface area (Å²) in [5.74, 6) is -1.18. The number of aliphatic hydroxyl groups is 5. The monoisotopic (exact) mass is 1150 g/mol. The number of allylic oxidation sites excluding steroid dienone is 3. The van der Waals surface area contributed by atoms with Crippen LogP contribution in [0.4, 0.5) is 0 Å². The number of amides is 1. The first-order chi connectivity index (χ1) is 39.7. The molecule has 6 N–H and O–H groups in total. The second-order valence-corrected chi connectivity index (χ2v) is 24.6. The van der Waals surface area contributed by atoms with Crippen LogP contribution in [0.15, 0.2) is 24.3 Å². The summed E-state index contributed by atoms with van der Waals surface area (Å²) in [6.45, 7) is 5.83. The Hall–Kier alpha value is -1.86. The molecule has 1 aliphatic rings. The van der Waals surface area contributed by atoms with Gasteiger partial charge in [0, 0.05) is 6.42 Å². The van der Waals surface area contributed by atoms with Crippen LogP contribution < -0.4 is 5.32 Å². The summed E-state index contributed by atoms with van der Waals surface area (Å²) in [6, 6.07) is -1.02. The number of esters is 1. The Morgan fingerprint density at radius 2 is 0.815 bits per heavy atom. The van der Waals surface area contributed by atoms with Crippen LogP contribution in [0, 0.1) is 0 Å². The van der Waals surface area contributed by atoms with Crippen molar-refractivity contribution in [2.75, 3.05) is 13.2 Å². The van der Waals surface area contributed by atoms with Crippen molar-refractivity contribution in [1.29, 1.82) is 0 Å². The van der Waals surface area contributed by atoms with Crippen LogP contribution >= 0.6 is 0 Å². The highest BCUT2D eigenvalue weighted by atomic mass is 16.7. The summed E-state index contributed by atoms with van der Waals surface area (Å²) in [6.07, 6.45) is 59.4. The van der Waals surface area contributed by atoms with Crippen molar-refractivity contribution in [1.82, 2.24) is 5.32 Å². The van der Waals surface area contributed by atoms with Crippen molar-refractivity contribution in [2.24, 2.45) is 0 Å². The quantitative estimate of drug-likeness (QED) is 0.0195. The lowest BCUT2D eigenvalue weighted by Gasteiger charge is -2.41. The van der Waals surface area contributed by atoms with Crippen LogP contribution in [0.1, 0.15) is 348 Å². The topological polar surface area (TPSA) is 175 Å². The Balaban J connectivity index is 2.55. The summed E-state index contributed by atoms with van der Waals surface area (Å²) in [7, 11) is 0. The Kier molecular flexibility index (Phi) is 55.7. The van der Waals surface area contributed by atoms with E-state index < -0.39 is 67.4 Å². The molecule has 0 bridgehead atoms. The standard InChI is InChI=1S/C70H133NO10/c1-4-7-10-13-16-19-22-24-26-28-30-31-32-33-34-36-38-40-43-46-49-52-55-58-65(75)81-68-67(77)66(76)64(59-72)80-70(68)79-60-61(62(73)56-53-50-47-44-41-21-18-15-12-9-6-3)71-69(78)63(74)57-54-51-48-45-42-39-37-35-29-27-25-23-20-17-14-11-8-5-2/h24,26,53,56,61-64,66-68,70,72-74,76-77H,4-23,25,27-52,54-55,57-60H2,1-3H3,(H,71,78)/b26-24+,56-53+. The maximum atomic E-state index is 13.5. The van der Waals surface area contributed by atoms with Gasteiger partial charge in [-0.25, -0.2) is 0 Å². The third kappa shape index (κ3) is 46.1. The van der Waals surface area contributed by atoms with Crippen molar-refractivity contribution >= 4 is 11.9 Å². The molecule has 1 amide bonds. The first-order valence-corrected chi connectivity index (χ1v) is 35.1. The minimum absolute atomic E-state index is 0.128. The molecule has 11 heteroatoms. The van der Waals surface area contributed by atoms with Gasteiger partial charge in [-0.2, -0.15) is 0 Å². The fourth-order valence-electron chi connectivity index (χ4n) is 11.3. The number of nitrogens with one attached hydrogen (secondary N) is 1. The van der Waals surface area contributed by atoms with Gasteiger partial charge in [-0.15, -0.1) is 0 Å². The van der Waals surface area contributed by atoms with E-state index in [9.17, 15) is 35.1 Å². The van der Waals surface area contributed by atoms with Gasteiger partial charge < -0.3 is 45.1 Å². The average molecular weight is 1150 g/mol. The van der Waals surface area contributed by atoms with E-state index in [2.05, 4.69) is 38.2 Å². The van der Waals surface area contributed by atoms with E-state index in [0.717, 1.165) is 57.8 Å². The van der Waals surface area contributed by atoms with E-state index in [4.69, 9.17) is 14.2 Å². The number of aliphatic hydroxyl groups excluding tert-OH is 5. The predicted molar refractivity (Wildman–Crippen MR) is 338 cm³/mol. The molecule has 8 unspecified atom stereocenters. The molecule has 1 saturated heterocycles. The molecule has 0 aliphatic carbocycles. The lowest BCUT2D eigenvalue weighted by molar-refractivity contribution is -0.305. The largest absolute Gasteiger partial charge is 0.454 e. The fraction of sp³-hybridized carbons (Fsp3) is 0.914. The molecule has 1 aliphatic heterocycles. The van der Waals surface area contributed by atoms with Gasteiger partial charge in [-0.1, -0.05) is 315 Å². The molecule has 1 rings (SSSR count). The summed E-state index contributed by atoms with van der Waals surface area (Å²) in [5, 5.41) is 57.2. The minimum Gasteiger partial charge on any atom is -0.454 e. The lowest BCUT2D eigenvalue weighted by atomic mass is 9.99. The molecule has 0 saturated carbocycles. The lowest BCUT2D eigenvalue weighted by Crippen LogP contribution is -2.61. The Morgan fingerprint density at radius 1 is 0.469 bits per heavy atom. The van der Waals surface area contributed by atoms with E-state index in [1.165, 1.54) is 244 Å². The fourth-order valence-corrected chi connectivity index (χ4v) is 11.3. The van der Waals surface area contributed by atoms with Crippen LogP contribution in [0.5, 0.6) is 0 Å². The Labute approximate surface area is 499 Å². The van der Waals surface area contributed by atoms with Crippen molar-refractivity contribution in [3.63, 3.8) is 0 Å². The maximum Gasteiger partial charge on any atom is 0.306 e. The van der Waals surface area contributed by atoms with Crippen LogP contribution in [0.3, 0.4) is 0 Å². The second kappa shape index (κ2) is 58.5. The number of unbranched alkanes of at least 4 members (excludes halogenated alkanes) is 45. The maximum absolute atomic E-state index is 13.5. The van der Waals surface area contributed by atoms with Gasteiger partial charge in [-0.3, -0.25) is 9.59 Å². The summed E-state index contributed by atoms with van der Waals surface area (Å²) >= 11 is 0. The van der Waals surface area contributed by atoms with E-state index in [-0.39, 0.29) is 13.0 Å². The van der Waals surface area contributed by atoms with Gasteiger partial charge in [0.1, 0.15) is 24.4 Å². The zero-order valence-corrected chi connectivity index (χ0v) is 53.2. The van der Waals surface area contributed by atoms with Crippen LogP contribution in [-0.4, -0.2) is 99.6 Å². The minimum atomic E-state index is -1.61. The second-order valence-electron chi connectivity index (χ2n) is 24.6. The van der Waals surface area contributed by atoms with Crippen LogP contribution in [0.25, 0.3) is 0 Å². The number of carbonyl (C=O) groups excluding carboxylic acids is 2. The molecule has 0 aromatic heterocycles. The van der Waals surface area contributed by atoms with Crippen LogP contribution in [0.2, 0.25) is 0 Å². The zero-order chi connectivity index (χ0) is 58.9. The smallest absolute Gasteiger partial charge is 0.306 e. The molecule has 0 aromatic rings. The van der Waals surface area contributed by atoms with E-state index in [1.807, 2.05) is 6.08 Å². The number of carbonyl (C=O) groups is 2. The molecular formula is C70H133NO10. The molecule has 8 atom stereocenters. The van der Waals surface area contributed by atoms with E-state index >= 15 is 0 Å². The molecule has 1 heterocycles. The highest BCUT2D eigenvalue weighted by Crippen LogP contribution is 2.26. The number of hydrogen-bond acceptors (Lipinski definition) is 10. The summed E-state index contributed by atoms with van der Waals surface area (Å²) < 4.78 is 17.7. The number of ether oxygens (including phenoxy) is 3. The Bertz CT molecular complexity index is 1410. The van der Waals surface area contributed by atoms with Gasteiger partial charge in [0.2, 0.25) is 5.91 Å². The first-order valence-electron chi connectivity index (χ1n) is 35.1. The van der Waals surface area contributed by atoms with Crippen LogP contribution in [-0.2, 0) is 23.8 Å². The first kappa shape index (κ1) is 77.2.